The van der Waals surface area contributed by atoms with Gasteiger partial charge in [0.25, 0.3) is 0 Å². The van der Waals surface area contributed by atoms with Crippen molar-refractivity contribution in [2.24, 2.45) is 0 Å². The lowest BCUT2D eigenvalue weighted by atomic mass is 9.96. The van der Waals surface area contributed by atoms with E-state index < -0.39 is 0 Å². The van der Waals surface area contributed by atoms with Crippen molar-refractivity contribution in [2.45, 2.75) is 77.5 Å². The summed E-state index contributed by atoms with van der Waals surface area (Å²) < 4.78 is 5.89. The standard InChI is InChI=1S/C13H27NO/c1-11(15-12-8-5-9-12)7-6-10-14-13(2,3)4/h11-12,14H,5-10H2,1-4H3. The zero-order valence-electron chi connectivity index (χ0n) is 10.8. The molecule has 0 aromatic carbocycles. The van der Waals surface area contributed by atoms with Gasteiger partial charge in [0.15, 0.2) is 0 Å². The average molecular weight is 213 g/mol. The normalized spacial score (nSPS) is 20.0. The Morgan fingerprint density at radius 3 is 2.47 bits per heavy atom. The maximum atomic E-state index is 5.89. The lowest BCUT2D eigenvalue weighted by molar-refractivity contribution is -0.0465. The van der Waals surface area contributed by atoms with Crippen molar-refractivity contribution in [2.75, 3.05) is 6.54 Å². The molecule has 15 heavy (non-hydrogen) atoms. The molecular weight excluding hydrogens is 186 g/mol. The van der Waals surface area contributed by atoms with Crippen molar-refractivity contribution in [3.05, 3.63) is 0 Å². The molecule has 1 aliphatic carbocycles. The van der Waals surface area contributed by atoms with Crippen LogP contribution in [0.5, 0.6) is 0 Å². The van der Waals surface area contributed by atoms with Gasteiger partial charge >= 0.3 is 0 Å². The van der Waals surface area contributed by atoms with Gasteiger partial charge in [-0.25, -0.2) is 0 Å². The predicted octanol–water partition coefficient (Wildman–Crippen LogP) is 3.11. The number of rotatable bonds is 6. The molecule has 90 valence electrons. The smallest absolute Gasteiger partial charge is 0.0578 e. The SMILES string of the molecule is CC(CCCNC(C)(C)C)OC1CCC1. The highest BCUT2D eigenvalue weighted by Gasteiger charge is 2.20. The number of ether oxygens (including phenoxy) is 1. The Hall–Kier alpha value is -0.0800. The van der Waals surface area contributed by atoms with Crippen molar-refractivity contribution in [3.8, 4) is 0 Å². The third-order valence-corrected chi connectivity index (χ3v) is 2.92. The van der Waals surface area contributed by atoms with Crippen molar-refractivity contribution in [3.63, 3.8) is 0 Å². The molecule has 1 N–H and O–H groups in total. The highest BCUT2D eigenvalue weighted by Crippen LogP contribution is 2.24. The average Bonchev–Trinajstić information content (AvgIpc) is 2.04. The fraction of sp³-hybridized carbons (Fsp3) is 1.00. The van der Waals surface area contributed by atoms with Crippen LogP contribution in [0.3, 0.4) is 0 Å². The second kappa shape index (κ2) is 5.86. The molecule has 0 aromatic heterocycles. The lowest BCUT2D eigenvalue weighted by Crippen LogP contribution is -2.36. The molecule has 2 nitrogen and oxygen atoms in total. The van der Waals surface area contributed by atoms with Crippen LogP contribution in [0.15, 0.2) is 0 Å². The molecule has 0 heterocycles. The maximum Gasteiger partial charge on any atom is 0.0578 e. The summed E-state index contributed by atoms with van der Waals surface area (Å²) in [5.41, 5.74) is 0.248. The fourth-order valence-electron chi connectivity index (χ4n) is 1.76. The molecule has 1 unspecified atom stereocenters. The summed E-state index contributed by atoms with van der Waals surface area (Å²) in [6.07, 6.45) is 7.34. The topological polar surface area (TPSA) is 21.3 Å². The minimum absolute atomic E-state index is 0.248. The van der Waals surface area contributed by atoms with Gasteiger partial charge in [0.1, 0.15) is 0 Å². The van der Waals surface area contributed by atoms with Gasteiger partial charge in [-0.2, -0.15) is 0 Å². The van der Waals surface area contributed by atoms with E-state index in [-0.39, 0.29) is 5.54 Å². The van der Waals surface area contributed by atoms with E-state index in [2.05, 4.69) is 33.0 Å². The molecule has 0 aromatic rings. The molecule has 1 rings (SSSR count). The Balaban J connectivity index is 1.94. The van der Waals surface area contributed by atoms with E-state index in [9.17, 15) is 0 Å². The molecule has 1 atom stereocenters. The third-order valence-electron chi connectivity index (χ3n) is 2.92. The lowest BCUT2D eigenvalue weighted by Gasteiger charge is -2.29. The van der Waals surface area contributed by atoms with Crippen LogP contribution in [-0.2, 0) is 4.74 Å². The third kappa shape index (κ3) is 6.16. The quantitative estimate of drug-likeness (QED) is 0.685. The van der Waals surface area contributed by atoms with Crippen LogP contribution in [0.25, 0.3) is 0 Å². The van der Waals surface area contributed by atoms with Crippen LogP contribution in [0.1, 0.15) is 59.8 Å². The molecular formula is C13H27NO. The summed E-state index contributed by atoms with van der Waals surface area (Å²) in [7, 11) is 0. The van der Waals surface area contributed by atoms with Crippen LogP contribution in [0.4, 0.5) is 0 Å². The number of hydrogen-bond donors (Lipinski definition) is 1. The Kier molecular flexibility index (Phi) is 5.07. The molecule has 1 fully saturated rings. The van der Waals surface area contributed by atoms with Crippen LogP contribution in [-0.4, -0.2) is 24.3 Å². The highest BCUT2D eigenvalue weighted by atomic mass is 16.5. The van der Waals surface area contributed by atoms with Gasteiger partial charge in [-0.05, 0) is 66.3 Å². The summed E-state index contributed by atoms with van der Waals surface area (Å²) in [6.45, 7) is 9.93. The van der Waals surface area contributed by atoms with Crippen molar-refractivity contribution in [1.82, 2.24) is 5.32 Å². The van der Waals surface area contributed by atoms with Gasteiger partial charge in [-0.1, -0.05) is 0 Å². The first-order valence-electron chi connectivity index (χ1n) is 6.38. The Bertz CT molecular complexity index is 170. The van der Waals surface area contributed by atoms with Gasteiger partial charge in [-0.15, -0.1) is 0 Å². The summed E-state index contributed by atoms with van der Waals surface area (Å²) in [6, 6.07) is 0. The molecule has 1 saturated carbocycles. The van der Waals surface area contributed by atoms with E-state index in [0.717, 1.165) is 6.54 Å². The van der Waals surface area contributed by atoms with E-state index in [0.29, 0.717) is 12.2 Å². The zero-order chi connectivity index (χ0) is 11.3. The van der Waals surface area contributed by atoms with E-state index >= 15 is 0 Å². The fourth-order valence-corrected chi connectivity index (χ4v) is 1.76. The largest absolute Gasteiger partial charge is 0.375 e. The minimum atomic E-state index is 0.248. The summed E-state index contributed by atoms with van der Waals surface area (Å²) >= 11 is 0. The predicted molar refractivity (Wildman–Crippen MR) is 65.2 cm³/mol. The summed E-state index contributed by atoms with van der Waals surface area (Å²) in [5, 5.41) is 3.50. The van der Waals surface area contributed by atoms with Gasteiger partial charge in [-0.3, -0.25) is 0 Å². The van der Waals surface area contributed by atoms with E-state index in [1.54, 1.807) is 0 Å². The number of nitrogens with one attached hydrogen (secondary N) is 1. The van der Waals surface area contributed by atoms with Crippen LogP contribution < -0.4 is 5.32 Å². The van der Waals surface area contributed by atoms with Crippen molar-refractivity contribution in [1.29, 1.82) is 0 Å². The highest BCUT2D eigenvalue weighted by molar-refractivity contribution is 4.72. The Morgan fingerprint density at radius 1 is 1.33 bits per heavy atom. The molecule has 0 saturated heterocycles. The second-order valence-corrected chi connectivity index (χ2v) is 5.82. The van der Waals surface area contributed by atoms with Crippen LogP contribution in [0.2, 0.25) is 0 Å². The molecule has 0 spiro atoms. The van der Waals surface area contributed by atoms with E-state index in [1.807, 2.05) is 0 Å². The van der Waals surface area contributed by atoms with Gasteiger partial charge in [0, 0.05) is 5.54 Å². The van der Waals surface area contributed by atoms with E-state index in [4.69, 9.17) is 4.74 Å². The second-order valence-electron chi connectivity index (χ2n) is 5.82. The molecule has 0 aliphatic heterocycles. The van der Waals surface area contributed by atoms with Crippen molar-refractivity contribution < 1.29 is 4.74 Å². The molecule has 1 aliphatic rings. The summed E-state index contributed by atoms with van der Waals surface area (Å²) in [4.78, 5) is 0. The first-order valence-corrected chi connectivity index (χ1v) is 6.38. The molecule has 2 heteroatoms. The van der Waals surface area contributed by atoms with Gasteiger partial charge in [0.2, 0.25) is 0 Å². The Labute approximate surface area is 94.8 Å². The first-order chi connectivity index (χ1) is 6.97. The summed E-state index contributed by atoms with van der Waals surface area (Å²) in [5.74, 6) is 0. The molecule has 0 amide bonds. The van der Waals surface area contributed by atoms with Crippen LogP contribution >= 0.6 is 0 Å². The number of hydrogen-bond acceptors (Lipinski definition) is 2. The maximum absolute atomic E-state index is 5.89. The van der Waals surface area contributed by atoms with Gasteiger partial charge < -0.3 is 10.1 Å². The zero-order valence-corrected chi connectivity index (χ0v) is 10.8. The van der Waals surface area contributed by atoms with Crippen molar-refractivity contribution >= 4 is 0 Å². The Morgan fingerprint density at radius 2 is 2.00 bits per heavy atom. The van der Waals surface area contributed by atoms with E-state index in [1.165, 1.54) is 32.1 Å². The first kappa shape index (κ1) is 13.0. The minimum Gasteiger partial charge on any atom is -0.375 e. The molecule has 0 bridgehead atoms. The van der Waals surface area contributed by atoms with Gasteiger partial charge in [0.05, 0.1) is 12.2 Å². The monoisotopic (exact) mass is 213 g/mol. The molecule has 0 radical (unpaired) electrons. The van der Waals surface area contributed by atoms with Crippen LogP contribution in [0, 0.1) is 0 Å².